The van der Waals surface area contributed by atoms with Crippen LogP contribution in [0, 0.1) is 11.6 Å². The smallest absolute Gasteiger partial charge is 0.126 e. The first-order valence-corrected chi connectivity index (χ1v) is 7.33. The SMILES string of the molecule is CCOC1(C(O)Cc2cc(F)cc(F)c2)CCCCC1. The highest BCUT2D eigenvalue weighted by Crippen LogP contribution is 2.36. The van der Waals surface area contributed by atoms with Crippen LogP contribution in [0.15, 0.2) is 18.2 Å². The minimum atomic E-state index is -0.732. The molecule has 1 aromatic rings. The number of benzene rings is 1. The predicted molar refractivity (Wildman–Crippen MR) is 73.5 cm³/mol. The van der Waals surface area contributed by atoms with E-state index < -0.39 is 23.3 Å². The van der Waals surface area contributed by atoms with Crippen molar-refractivity contribution in [1.29, 1.82) is 0 Å². The van der Waals surface area contributed by atoms with Crippen LogP contribution in [0.25, 0.3) is 0 Å². The molecule has 0 aliphatic heterocycles. The second kappa shape index (κ2) is 6.64. The molecule has 1 fully saturated rings. The van der Waals surface area contributed by atoms with Crippen LogP contribution in [0.2, 0.25) is 0 Å². The summed E-state index contributed by atoms with van der Waals surface area (Å²) >= 11 is 0. The van der Waals surface area contributed by atoms with E-state index in [-0.39, 0.29) is 6.42 Å². The fourth-order valence-electron chi connectivity index (χ4n) is 3.15. The van der Waals surface area contributed by atoms with Gasteiger partial charge in [0.05, 0.1) is 11.7 Å². The minimum Gasteiger partial charge on any atom is -0.390 e. The number of aliphatic hydroxyl groups is 1. The Morgan fingerprint density at radius 1 is 1.15 bits per heavy atom. The highest BCUT2D eigenvalue weighted by Gasteiger charge is 2.39. The Morgan fingerprint density at radius 2 is 1.75 bits per heavy atom. The van der Waals surface area contributed by atoms with E-state index >= 15 is 0 Å². The molecule has 1 aliphatic rings. The summed E-state index contributed by atoms with van der Waals surface area (Å²) in [6, 6.07) is 3.39. The molecular weight excluding hydrogens is 262 g/mol. The molecule has 4 heteroatoms. The van der Waals surface area contributed by atoms with Gasteiger partial charge < -0.3 is 9.84 Å². The van der Waals surface area contributed by atoms with Crippen molar-refractivity contribution in [3.8, 4) is 0 Å². The summed E-state index contributed by atoms with van der Waals surface area (Å²) < 4.78 is 32.2. The molecule has 0 aromatic heterocycles. The van der Waals surface area contributed by atoms with Crippen LogP contribution in [0.4, 0.5) is 8.78 Å². The molecule has 0 radical (unpaired) electrons. The van der Waals surface area contributed by atoms with Gasteiger partial charge in [0, 0.05) is 19.1 Å². The molecule has 0 bridgehead atoms. The number of ether oxygens (including phenoxy) is 1. The van der Waals surface area contributed by atoms with Crippen molar-refractivity contribution in [2.24, 2.45) is 0 Å². The maximum Gasteiger partial charge on any atom is 0.126 e. The lowest BCUT2D eigenvalue weighted by Crippen LogP contribution is -2.47. The summed E-state index contributed by atoms with van der Waals surface area (Å²) in [7, 11) is 0. The van der Waals surface area contributed by atoms with Gasteiger partial charge in [0.15, 0.2) is 0 Å². The van der Waals surface area contributed by atoms with Gasteiger partial charge in [-0.05, 0) is 37.5 Å². The average Bonchev–Trinajstić information content (AvgIpc) is 2.38. The summed E-state index contributed by atoms with van der Waals surface area (Å²) in [6.45, 7) is 2.44. The average molecular weight is 284 g/mol. The molecule has 0 saturated heterocycles. The number of hydrogen-bond acceptors (Lipinski definition) is 2. The fraction of sp³-hybridized carbons (Fsp3) is 0.625. The third kappa shape index (κ3) is 3.55. The Labute approximate surface area is 118 Å². The molecule has 2 nitrogen and oxygen atoms in total. The Kier molecular flexibility index (Phi) is 5.11. The monoisotopic (exact) mass is 284 g/mol. The molecular formula is C16H22F2O2. The Morgan fingerprint density at radius 3 is 2.30 bits per heavy atom. The Hall–Kier alpha value is -1.00. The topological polar surface area (TPSA) is 29.5 Å². The van der Waals surface area contributed by atoms with E-state index in [2.05, 4.69) is 0 Å². The molecule has 0 heterocycles. The molecule has 1 N–H and O–H groups in total. The van der Waals surface area contributed by atoms with Crippen LogP contribution in [0.1, 0.15) is 44.6 Å². The maximum atomic E-state index is 13.2. The minimum absolute atomic E-state index is 0.217. The van der Waals surface area contributed by atoms with Crippen molar-refractivity contribution in [1.82, 2.24) is 0 Å². The Balaban J connectivity index is 2.13. The second-order valence-electron chi connectivity index (χ2n) is 5.56. The quantitative estimate of drug-likeness (QED) is 0.895. The molecule has 0 spiro atoms. The molecule has 20 heavy (non-hydrogen) atoms. The molecule has 1 atom stereocenters. The highest BCUT2D eigenvalue weighted by molar-refractivity contribution is 5.19. The fourth-order valence-corrected chi connectivity index (χ4v) is 3.15. The normalized spacial score (nSPS) is 19.8. The van der Waals surface area contributed by atoms with Gasteiger partial charge >= 0.3 is 0 Å². The van der Waals surface area contributed by atoms with Crippen molar-refractivity contribution in [3.63, 3.8) is 0 Å². The van der Waals surface area contributed by atoms with Crippen molar-refractivity contribution < 1.29 is 18.6 Å². The first kappa shape index (κ1) is 15.4. The number of rotatable bonds is 5. The molecule has 1 aromatic carbocycles. The van der Waals surface area contributed by atoms with Crippen LogP contribution < -0.4 is 0 Å². The number of halogens is 2. The Bertz CT molecular complexity index is 416. The highest BCUT2D eigenvalue weighted by atomic mass is 19.1. The van der Waals surface area contributed by atoms with Crippen LogP contribution in [-0.2, 0) is 11.2 Å². The lowest BCUT2D eigenvalue weighted by atomic mass is 9.78. The van der Waals surface area contributed by atoms with Gasteiger partial charge in [-0.15, -0.1) is 0 Å². The first-order valence-electron chi connectivity index (χ1n) is 7.33. The van der Waals surface area contributed by atoms with Gasteiger partial charge in [-0.25, -0.2) is 8.78 Å². The molecule has 1 saturated carbocycles. The van der Waals surface area contributed by atoms with Gasteiger partial charge in [0.1, 0.15) is 11.6 Å². The zero-order chi connectivity index (χ0) is 14.6. The van der Waals surface area contributed by atoms with Crippen molar-refractivity contribution in [2.75, 3.05) is 6.61 Å². The van der Waals surface area contributed by atoms with Gasteiger partial charge in [0.2, 0.25) is 0 Å². The lowest BCUT2D eigenvalue weighted by molar-refractivity contribution is -0.138. The van der Waals surface area contributed by atoms with E-state index in [0.717, 1.165) is 38.2 Å². The summed E-state index contributed by atoms with van der Waals surface area (Å²) in [5.41, 5.74) is -0.0878. The van der Waals surface area contributed by atoms with Crippen LogP contribution in [0.3, 0.4) is 0 Å². The molecule has 2 rings (SSSR count). The van der Waals surface area contributed by atoms with Crippen LogP contribution in [-0.4, -0.2) is 23.4 Å². The van der Waals surface area contributed by atoms with Crippen molar-refractivity contribution in [2.45, 2.75) is 57.2 Å². The largest absolute Gasteiger partial charge is 0.390 e. The summed E-state index contributed by atoms with van der Waals surface area (Å²) in [4.78, 5) is 0. The summed E-state index contributed by atoms with van der Waals surface area (Å²) in [6.07, 6.45) is 4.29. The van der Waals surface area contributed by atoms with Crippen LogP contribution in [0.5, 0.6) is 0 Å². The van der Waals surface area contributed by atoms with Gasteiger partial charge in [0.25, 0.3) is 0 Å². The molecule has 1 unspecified atom stereocenters. The zero-order valence-corrected chi connectivity index (χ0v) is 11.9. The second-order valence-corrected chi connectivity index (χ2v) is 5.56. The number of aliphatic hydroxyl groups excluding tert-OH is 1. The first-order chi connectivity index (χ1) is 9.55. The van der Waals surface area contributed by atoms with Crippen molar-refractivity contribution >= 4 is 0 Å². The summed E-state index contributed by atoms with van der Waals surface area (Å²) in [5.74, 6) is -1.22. The van der Waals surface area contributed by atoms with Crippen molar-refractivity contribution in [3.05, 3.63) is 35.4 Å². The van der Waals surface area contributed by atoms with E-state index in [9.17, 15) is 13.9 Å². The predicted octanol–water partition coefficient (Wildman–Crippen LogP) is 3.61. The third-order valence-corrected chi connectivity index (χ3v) is 4.09. The number of hydrogen-bond donors (Lipinski definition) is 1. The molecule has 1 aliphatic carbocycles. The maximum absolute atomic E-state index is 13.2. The van der Waals surface area contributed by atoms with E-state index in [1.807, 2.05) is 6.92 Å². The van der Waals surface area contributed by atoms with E-state index in [0.29, 0.717) is 12.2 Å². The van der Waals surface area contributed by atoms with E-state index in [4.69, 9.17) is 4.74 Å². The van der Waals surface area contributed by atoms with Gasteiger partial charge in [-0.3, -0.25) is 0 Å². The van der Waals surface area contributed by atoms with E-state index in [1.54, 1.807) is 0 Å². The lowest BCUT2D eigenvalue weighted by Gasteiger charge is -2.41. The van der Waals surface area contributed by atoms with Gasteiger partial charge in [-0.1, -0.05) is 19.3 Å². The third-order valence-electron chi connectivity index (χ3n) is 4.09. The summed E-state index contributed by atoms with van der Waals surface area (Å²) in [5, 5.41) is 10.5. The standard InChI is InChI=1S/C16H22F2O2/c1-2-20-16(6-4-3-5-7-16)15(19)10-12-8-13(17)11-14(18)9-12/h8-9,11,15,19H,2-7,10H2,1H3. The molecule has 112 valence electrons. The van der Waals surface area contributed by atoms with E-state index in [1.165, 1.54) is 12.1 Å². The van der Waals surface area contributed by atoms with Gasteiger partial charge in [-0.2, -0.15) is 0 Å². The van der Waals surface area contributed by atoms with Crippen LogP contribution >= 0.6 is 0 Å². The zero-order valence-electron chi connectivity index (χ0n) is 11.9. The molecule has 0 amide bonds.